The summed E-state index contributed by atoms with van der Waals surface area (Å²) in [4.78, 5) is 24.2. The highest BCUT2D eigenvalue weighted by Gasteiger charge is 2.20. The summed E-state index contributed by atoms with van der Waals surface area (Å²) >= 11 is 0. The Kier molecular flexibility index (Phi) is 6.21. The predicted octanol–water partition coefficient (Wildman–Crippen LogP) is 2.28. The molecule has 0 fully saturated rings. The summed E-state index contributed by atoms with van der Waals surface area (Å²) in [6, 6.07) is 4.82. The number of carbonyl (C=O) groups is 2. The standard InChI is InChI=1S/C18H24N4O4/c1-6-13(15-7-8-19-22(15)3)21-18(24)12-9-14(20-11(2)23)17(26-5)16(10-12)25-4/h7-10,13H,6H2,1-5H3,(H,20,23)(H,21,24). The molecule has 0 radical (unpaired) electrons. The van der Waals surface area contributed by atoms with Crippen LogP contribution in [0.1, 0.15) is 42.4 Å². The topological polar surface area (TPSA) is 94.5 Å². The highest BCUT2D eigenvalue weighted by atomic mass is 16.5. The molecule has 2 amide bonds. The van der Waals surface area contributed by atoms with Crippen molar-refractivity contribution in [3.63, 3.8) is 0 Å². The maximum atomic E-state index is 12.8. The van der Waals surface area contributed by atoms with E-state index in [-0.39, 0.29) is 17.9 Å². The molecule has 140 valence electrons. The summed E-state index contributed by atoms with van der Waals surface area (Å²) in [5, 5.41) is 9.79. The molecule has 0 aliphatic heterocycles. The molecule has 1 aromatic carbocycles. The van der Waals surface area contributed by atoms with Crippen LogP contribution in [0.15, 0.2) is 24.4 Å². The number of benzene rings is 1. The second-order valence-electron chi connectivity index (χ2n) is 5.75. The Hall–Kier alpha value is -3.03. The van der Waals surface area contributed by atoms with Crippen LogP contribution in [0.2, 0.25) is 0 Å². The van der Waals surface area contributed by atoms with E-state index >= 15 is 0 Å². The van der Waals surface area contributed by atoms with Gasteiger partial charge in [-0.3, -0.25) is 14.3 Å². The zero-order valence-electron chi connectivity index (χ0n) is 15.6. The van der Waals surface area contributed by atoms with Gasteiger partial charge in [-0.25, -0.2) is 0 Å². The van der Waals surface area contributed by atoms with Crippen LogP contribution >= 0.6 is 0 Å². The van der Waals surface area contributed by atoms with Gasteiger partial charge in [-0.05, 0) is 24.6 Å². The molecule has 1 atom stereocenters. The Morgan fingerprint density at radius 1 is 1.27 bits per heavy atom. The van der Waals surface area contributed by atoms with Gasteiger partial charge in [0.15, 0.2) is 11.5 Å². The van der Waals surface area contributed by atoms with E-state index in [1.807, 2.05) is 20.0 Å². The zero-order valence-corrected chi connectivity index (χ0v) is 15.6. The molecule has 2 aromatic rings. The van der Waals surface area contributed by atoms with Gasteiger partial charge >= 0.3 is 0 Å². The summed E-state index contributed by atoms with van der Waals surface area (Å²) in [5.74, 6) is 0.158. The molecular formula is C18H24N4O4. The fourth-order valence-corrected chi connectivity index (χ4v) is 2.73. The average Bonchev–Trinajstić information content (AvgIpc) is 3.03. The number of hydrogen-bond acceptors (Lipinski definition) is 5. The van der Waals surface area contributed by atoms with Crippen molar-refractivity contribution in [2.75, 3.05) is 19.5 Å². The average molecular weight is 360 g/mol. The Balaban J connectivity index is 2.35. The molecule has 8 nitrogen and oxygen atoms in total. The van der Waals surface area contributed by atoms with Gasteiger partial charge in [0.2, 0.25) is 5.91 Å². The Labute approximate surface area is 152 Å². The van der Waals surface area contributed by atoms with Gasteiger partial charge < -0.3 is 20.1 Å². The minimum absolute atomic E-state index is 0.188. The van der Waals surface area contributed by atoms with E-state index in [1.54, 1.807) is 23.0 Å². The van der Waals surface area contributed by atoms with Gasteiger partial charge in [-0.1, -0.05) is 6.92 Å². The molecule has 0 saturated carbocycles. The van der Waals surface area contributed by atoms with Gasteiger partial charge in [0.1, 0.15) is 0 Å². The molecule has 0 bridgehead atoms. The largest absolute Gasteiger partial charge is 0.493 e. The van der Waals surface area contributed by atoms with Crippen molar-refractivity contribution >= 4 is 17.5 Å². The van der Waals surface area contributed by atoms with Crippen LogP contribution in [0.4, 0.5) is 5.69 Å². The lowest BCUT2D eigenvalue weighted by molar-refractivity contribution is -0.114. The van der Waals surface area contributed by atoms with Gasteiger partial charge in [0.25, 0.3) is 5.91 Å². The third-order valence-corrected chi connectivity index (χ3v) is 3.98. The van der Waals surface area contributed by atoms with Crippen molar-refractivity contribution in [1.29, 1.82) is 0 Å². The van der Waals surface area contributed by atoms with Crippen LogP contribution in [-0.2, 0) is 11.8 Å². The number of anilines is 1. The minimum atomic E-state index is -0.286. The third kappa shape index (κ3) is 4.14. The van der Waals surface area contributed by atoms with Crippen molar-refractivity contribution < 1.29 is 19.1 Å². The van der Waals surface area contributed by atoms with Gasteiger partial charge in [-0.15, -0.1) is 0 Å². The van der Waals surface area contributed by atoms with Crippen molar-refractivity contribution in [2.24, 2.45) is 7.05 Å². The highest BCUT2D eigenvalue weighted by molar-refractivity contribution is 5.99. The normalized spacial score (nSPS) is 11.6. The molecule has 0 aliphatic rings. The molecule has 1 heterocycles. The maximum absolute atomic E-state index is 12.8. The lowest BCUT2D eigenvalue weighted by atomic mass is 10.1. The Morgan fingerprint density at radius 3 is 2.50 bits per heavy atom. The number of aromatic nitrogens is 2. The quantitative estimate of drug-likeness (QED) is 0.790. The molecule has 26 heavy (non-hydrogen) atoms. The van der Waals surface area contributed by atoms with E-state index in [1.165, 1.54) is 21.1 Å². The Morgan fingerprint density at radius 2 is 2.00 bits per heavy atom. The van der Waals surface area contributed by atoms with E-state index in [0.29, 0.717) is 29.2 Å². The first-order chi connectivity index (χ1) is 12.4. The third-order valence-electron chi connectivity index (χ3n) is 3.98. The number of nitrogens with one attached hydrogen (secondary N) is 2. The van der Waals surface area contributed by atoms with Crippen LogP contribution in [0, 0.1) is 0 Å². The number of methoxy groups -OCH3 is 2. The number of ether oxygens (including phenoxy) is 2. The first-order valence-electron chi connectivity index (χ1n) is 8.23. The van der Waals surface area contributed by atoms with Gasteiger partial charge in [0, 0.05) is 25.7 Å². The molecule has 0 spiro atoms. The summed E-state index contributed by atoms with van der Waals surface area (Å²) in [6.45, 7) is 3.36. The van der Waals surface area contributed by atoms with Crippen LogP contribution in [0.3, 0.4) is 0 Å². The molecule has 0 aliphatic carbocycles. The van der Waals surface area contributed by atoms with E-state index < -0.39 is 0 Å². The monoisotopic (exact) mass is 360 g/mol. The van der Waals surface area contributed by atoms with E-state index in [9.17, 15) is 9.59 Å². The predicted molar refractivity (Wildman–Crippen MR) is 97.6 cm³/mol. The number of carbonyl (C=O) groups excluding carboxylic acids is 2. The molecule has 2 rings (SSSR count). The van der Waals surface area contributed by atoms with E-state index in [2.05, 4.69) is 15.7 Å². The number of rotatable bonds is 7. The first kappa shape index (κ1) is 19.3. The van der Waals surface area contributed by atoms with Crippen molar-refractivity contribution in [3.8, 4) is 11.5 Å². The van der Waals surface area contributed by atoms with Gasteiger partial charge in [0.05, 0.1) is 31.6 Å². The second kappa shape index (κ2) is 8.37. The van der Waals surface area contributed by atoms with Crippen LogP contribution in [-0.4, -0.2) is 35.8 Å². The molecule has 1 unspecified atom stereocenters. The lowest BCUT2D eigenvalue weighted by Crippen LogP contribution is -2.29. The zero-order chi connectivity index (χ0) is 19.3. The number of aryl methyl sites for hydroxylation is 1. The fraction of sp³-hybridized carbons (Fsp3) is 0.389. The summed E-state index contributed by atoms with van der Waals surface area (Å²) < 4.78 is 12.3. The van der Waals surface area contributed by atoms with Crippen LogP contribution in [0.5, 0.6) is 11.5 Å². The number of hydrogen-bond donors (Lipinski definition) is 2. The number of amides is 2. The minimum Gasteiger partial charge on any atom is -0.493 e. The van der Waals surface area contributed by atoms with Crippen LogP contribution < -0.4 is 20.1 Å². The second-order valence-corrected chi connectivity index (χ2v) is 5.75. The molecule has 0 saturated heterocycles. The Bertz CT molecular complexity index is 800. The summed E-state index contributed by atoms with van der Waals surface area (Å²) in [7, 11) is 4.77. The summed E-state index contributed by atoms with van der Waals surface area (Å²) in [6.07, 6.45) is 2.40. The highest BCUT2D eigenvalue weighted by Crippen LogP contribution is 2.36. The van der Waals surface area contributed by atoms with Gasteiger partial charge in [-0.2, -0.15) is 5.10 Å². The van der Waals surface area contributed by atoms with Crippen molar-refractivity contribution in [3.05, 3.63) is 35.7 Å². The smallest absolute Gasteiger partial charge is 0.252 e. The molecule has 2 N–H and O–H groups in total. The number of nitrogens with zero attached hydrogens (tertiary/aromatic N) is 2. The first-order valence-corrected chi connectivity index (χ1v) is 8.23. The molecule has 1 aromatic heterocycles. The van der Waals surface area contributed by atoms with E-state index in [0.717, 1.165) is 5.69 Å². The molecular weight excluding hydrogens is 336 g/mol. The SMILES string of the molecule is CCC(NC(=O)c1cc(NC(C)=O)c(OC)c(OC)c1)c1ccnn1C. The van der Waals surface area contributed by atoms with Crippen molar-refractivity contribution in [2.45, 2.75) is 26.3 Å². The maximum Gasteiger partial charge on any atom is 0.252 e. The molecule has 8 heteroatoms. The van der Waals surface area contributed by atoms with Crippen LogP contribution in [0.25, 0.3) is 0 Å². The summed E-state index contributed by atoms with van der Waals surface area (Å²) in [5.41, 5.74) is 1.63. The lowest BCUT2D eigenvalue weighted by Gasteiger charge is -2.19. The fourth-order valence-electron chi connectivity index (χ4n) is 2.73. The van der Waals surface area contributed by atoms with E-state index in [4.69, 9.17) is 9.47 Å². The van der Waals surface area contributed by atoms with Crippen molar-refractivity contribution in [1.82, 2.24) is 15.1 Å².